The molecule has 0 heterocycles. The summed E-state index contributed by atoms with van der Waals surface area (Å²) in [6.07, 6.45) is 1.13. The molecule has 0 saturated carbocycles. The third-order valence-corrected chi connectivity index (χ3v) is 3.28. The molecule has 2 nitrogen and oxygen atoms in total. The first-order valence-electron chi connectivity index (χ1n) is 6.01. The molecular formula is C16H16O2. The average Bonchev–Trinajstić information content (AvgIpc) is 2.37. The van der Waals surface area contributed by atoms with Gasteiger partial charge < -0.3 is 4.79 Å². The van der Waals surface area contributed by atoms with Crippen LogP contribution in [0.1, 0.15) is 25.8 Å². The fourth-order valence-electron chi connectivity index (χ4n) is 2.44. The second-order valence-corrected chi connectivity index (χ2v) is 4.94. The lowest BCUT2D eigenvalue weighted by Gasteiger charge is -2.24. The molecule has 0 bridgehead atoms. The Labute approximate surface area is 107 Å². The number of carbonyl (C=O) groups excluding carboxylic acids is 2. The molecular weight excluding hydrogens is 224 g/mol. The van der Waals surface area contributed by atoms with Crippen LogP contribution in [0.2, 0.25) is 0 Å². The molecule has 0 aliphatic heterocycles. The number of rotatable bonds is 4. The molecule has 0 saturated heterocycles. The van der Waals surface area contributed by atoms with E-state index in [1.807, 2.05) is 49.4 Å². The number of aldehydes is 1. The van der Waals surface area contributed by atoms with E-state index in [1.54, 1.807) is 0 Å². The highest BCUT2D eigenvalue weighted by atomic mass is 16.1. The van der Waals surface area contributed by atoms with Gasteiger partial charge in [-0.2, -0.15) is 0 Å². The van der Waals surface area contributed by atoms with Crippen LogP contribution in [0, 0.1) is 0 Å². The van der Waals surface area contributed by atoms with Crippen LogP contribution < -0.4 is 0 Å². The summed E-state index contributed by atoms with van der Waals surface area (Å²) in [5.41, 5.74) is 0.179. The molecule has 0 amide bonds. The largest absolute Gasteiger partial charge is 0.302 e. The van der Waals surface area contributed by atoms with Gasteiger partial charge in [0.1, 0.15) is 12.1 Å². The first-order valence-corrected chi connectivity index (χ1v) is 6.01. The maximum absolute atomic E-state index is 11.5. The zero-order chi connectivity index (χ0) is 13.2. The van der Waals surface area contributed by atoms with Crippen LogP contribution in [0.3, 0.4) is 0 Å². The quantitative estimate of drug-likeness (QED) is 0.768. The van der Waals surface area contributed by atoms with Crippen molar-refractivity contribution in [1.82, 2.24) is 0 Å². The van der Waals surface area contributed by atoms with Crippen molar-refractivity contribution in [2.45, 2.75) is 25.7 Å². The highest BCUT2D eigenvalue weighted by molar-refractivity contribution is 5.92. The maximum atomic E-state index is 11.5. The van der Waals surface area contributed by atoms with Gasteiger partial charge in [-0.05, 0) is 30.2 Å². The number of ketones is 1. The van der Waals surface area contributed by atoms with Gasteiger partial charge in [0.05, 0.1) is 5.41 Å². The van der Waals surface area contributed by atoms with Crippen molar-refractivity contribution in [3.05, 3.63) is 48.0 Å². The van der Waals surface area contributed by atoms with Crippen LogP contribution in [0.5, 0.6) is 0 Å². The van der Waals surface area contributed by atoms with Crippen LogP contribution in [-0.4, -0.2) is 12.1 Å². The summed E-state index contributed by atoms with van der Waals surface area (Å²) >= 11 is 0. The summed E-state index contributed by atoms with van der Waals surface area (Å²) in [6.45, 7) is 3.34. The Morgan fingerprint density at radius 3 is 2.50 bits per heavy atom. The summed E-state index contributed by atoms with van der Waals surface area (Å²) in [7, 11) is 0. The van der Waals surface area contributed by atoms with Crippen molar-refractivity contribution in [2.75, 3.05) is 0 Å². The second-order valence-electron chi connectivity index (χ2n) is 4.94. The summed E-state index contributed by atoms with van der Waals surface area (Å²) in [5.74, 6) is 0.0255. The lowest BCUT2D eigenvalue weighted by Crippen LogP contribution is -2.26. The molecule has 0 radical (unpaired) electrons. The normalized spacial score (nSPS) is 14.1. The highest BCUT2D eigenvalue weighted by Crippen LogP contribution is 2.31. The number of fused-ring (bicyclic) bond motifs is 1. The van der Waals surface area contributed by atoms with E-state index in [1.165, 1.54) is 6.92 Å². The van der Waals surface area contributed by atoms with Gasteiger partial charge >= 0.3 is 0 Å². The molecule has 2 heteroatoms. The highest BCUT2D eigenvalue weighted by Gasteiger charge is 2.29. The molecule has 2 aromatic rings. The first-order chi connectivity index (χ1) is 8.57. The topological polar surface area (TPSA) is 34.1 Å². The molecule has 0 aliphatic carbocycles. The van der Waals surface area contributed by atoms with Crippen molar-refractivity contribution in [1.29, 1.82) is 0 Å². The Bertz CT molecular complexity index is 596. The standard InChI is InChI=1S/C16H16O2/c1-12(18)10-16(2,11-17)15-9-5-7-13-6-3-4-8-14(13)15/h3-9,11H,10H2,1-2H3. The van der Waals surface area contributed by atoms with Crippen molar-refractivity contribution in [3.63, 3.8) is 0 Å². The third-order valence-electron chi connectivity index (χ3n) is 3.28. The Morgan fingerprint density at radius 2 is 1.83 bits per heavy atom. The molecule has 0 fully saturated rings. The van der Waals surface area contributed by atoms with Gasteiger partial charge in [-0.15, -0.1) is 0 Å². The summed E-state index contributed by atoms with van der Waals surface area (Å²) in [4.78, 5) is 22.8. The zero-order valence-corrected chi connectivity index (χ0v) is 10.6. The van der Waals surface area contributed by atoms with E-state index >= 15 is 0 Å². The van der Waals surface area contributed by atoms with E-state index in [4.69, 9.17) is 0 Å². The van der Waals surface area contributed by atoms with Gasteiger partial charge in [0, 0.05) is 6.42 Å². The molecule has 0 aliphatic rings. The lowest BCUT2D eigenvalue weighted by molar-refractivity contribution is -0.121. The van der Waals surface area contributed by atoms with Crippen LogP contribution in [0.4, 0.5) is 0 Å². The van der Waals surface area contributed by atoms with Crippen molar-refractivity contribution < 1.29 is 9.59 Å². The van der Waals surface area contributed by atoms with Crippen molar-refractivity contribution >= 4 is 22.8 Å². The molecule has 1 unspecified atom stereocenters. The Balaban J connectivity index is 2.65. The number of hydrogen-bond acceptors (Lipinski definition) is 2. The summed E-state index contributed by atoms with van der Waals surface area (Å²) < 4.78 is 0. The van der Waals surface area contributed by atoms with Crippen LogP contribution in [0.25, 0.3) is 10.8 Å². The molecule has 0 aromatic heterocycles. The van der Waals surface area contributed by atoms with Gasteiger partial charge in [-0.25, -0.2) is 0 Å². The minimum atomic E-state index is -0.743. The SMILES string of the molecule is CC(=O)CC(C)(C=O)c1cccc2ccccc12. The molecule has 92 valence electrons. The third kappa shape index (κ3) is 2.19. The first kappa shape index (κ1) is 12.5. The molecule has 18 heavy (non-hydrogen) atoms. The van der Waals surface area contributed by atoms with E-state index in [2.05, 4.69) is 0 Å². The van der Waals surface area contributed by atoms with E-state index < -0.39 is 5.41 Å². The molecule has 2 rings (SSSR count). The van der Waals surface area contributed by atoms with Crippen molar-refractivity contribution in [2.24, 2.45) is 0 Å². The summed E-state index contributed by atoms with van der Waals surface area (Å²) in [5, 5.41) is 2.13. The van der Waals surface area contributed by atoms with E-state index in [-0.39, 0.29) is 12.2 Å². The van der Waals surface area contributed by atoms with Crippen LogP contribution in [0.15, 0.2) is 42.5 Å². The smallest absolute Gasteiger partial charge is 0.131 e. The van der Waals surface area contributed by atoms with E-state index in [0.29, 0.717) is 0 Å². The minimum absolute atomic E-state index is 0.0255. The molecule has 1 atom stereocenters. The Morgan fingerprint density at radius 1 is 1.17 bits per heavy atom. The number of Topliss-reactive ketones (excluding diaryl/α,β-unsaturated/α-hetero) is 1. The Kier molecular flexibility index (Phi) is 3.28. The van der Waals surface area contributed by atoms with Gasteiger partial charge in [-0.1, -0.05) is 42.5 Å². The van der Waals surface area contributed by atoms with Crippen LogP contribution in [-0.2, 0) is 15.0 Å². The second kappa shape index (κ2) is 4.73. The fourth-order valence-corrected chi connectivity index (χ4v) is 2.44. The number of hydrogen-bond donors (Lipinski definition) is 0. The summed E-state index contributed by atoms with van der Waals surface area (Å²) in [6, 6.07) is 13.8. The van der Waals surface area contributed by atoms with Gasteiger partial charge in [0.25, 0.3) is 0 Å². The van der Waals surface area contributed by atoms with Gasteiger partial charge in [0.15, 0.2) is 0 Å². The predicted molar refractivity (Wildman–Crippen MR) is 72.7 cm³/mol. The van der Waals surface area contributed by atoms with Gasteiger partial charge in [-0.3, -0.25) is 4.79 Å². The van der Waals surface area contributed by atoms with E-state index in [9.17, 15) is 9.59 Å². The van der Waals surface area contributed by atoms with Crippen LogP contribution >= 0.6 is 0 Å². The molecule has 0 spiro atoms. The van der Waals surface area contributed by atoms with Crippen molar-refractivity contribution in [3.8, 4) is 0 Å². The molecule has 2 aromatic carbocycles. The predicted octanol–water partition coefficient (Wildman–Crippen LogP) is 3.28. The lowest BCUT2D eigenvalue weighted by atomic mass is 9.77. The zero-order valence-electron chi connectivity index (χ0n) is 10.6. The van der Waals surface area contributed by atoms with Gasteiger partial charge in [0.2, 0.25) is 0 Å². The maximum Gasteiger partial charge on any atom is 0.131 e. The number of carbonyl (C=O) groups is 2. The average molecular weight is 240 g/mol. The minimum Gasteiger partial charge on any atom is -0.302 e. The van der Waals surface area contributed by atoms with E-state index in [0.717, 1.165) is 22.6 Å². The monoisotopic (exact) mass is 240 g/mol. The fraction of sp³-hybridized carbons (Fsp3) is 0.250. The Hall–Kier alpha value is -1.96. The number of benzene rings is 2. The molecule has 0 N–H and O–H groups in total.